The largest absolute Gasteiger partial charge is 0.322 e. The van der Waals surface area contributed by atoms with Gasteiger partial charge in [-0.25, -0.2) is 5.48 Å². The second kappa shape index (κ2) is 15.0. The fourth-order valence-corrected chi connectivity index (χ4v) is 4.40. The van der Waals surface area contributed by atoms with E-state index in [1.54, 1.807) is 29.4 Å². The molecule has 6 heteroatoms. The smallest absolute Gasteiger partial charge is 0.274 e. The molecule has 0 aromatic heterocycles. The van der Waals surface area contributed by atoms with Crippen LogP contribution in [0.15, 0.2) is 88.4 Å². The molecule has 0 heterocycles. The first kappa shape index (κ1) is 28.1. The lowest BCUT2D eigenvalue weighted by Gasteiger charge is -2.10. The van der Waals surface area contributed by atoms with Crippen molar-refractivity contribution >= 4 is 29.3 Å². The molecule has 0 radical (unpaired) electrons. The number of thioether (sulfide) groups is 1. The van der Waals surface area contributed by atoms with Gasteiger partial charge in [-0.2, -0.15) is 0 Å². The number of anilines is 1. The molecule has 186 valence electrons. The molecule has 2 aromatic carbocycles. The Morgan fingerprint density at radius 1 is 0.829 bits per heavy atom. The zero-order valence-electron chi connectivity index (χ0n) is 21.1. The van der Waals surface area contributed by atoms with Crippen LogP contribution < -0.4 is 10.8 Å². The molecular weight excluding hydrogens is 456 g/mol. The fraction of sp³-hybridized carbons (Fsp3) is 0.310. The molecular formula is C29H36N2O3S. The summed E-state index contributed by atoms with van der Waals surface area (Å²) in [6.07, 6.45) is 11.2. The number of benzene rings is 2. The van der Waals surface area contributed by atoms with E-state index < -0.39 is 5.91 Å². The Morgan fingerprint density at radius 3 is 2.11 bits per heavy atom. The summed E-state index contributed by atoms with van der Waals surface area (Å²) in [5.41, 5.74) is 7.23. The van der Waals surface area contributed by atoms with Crippen molar-refractivity contribution < 1.29 is 14.8 Å². The van der Waals surface area contributed by atoms with Gasteiger partial charge in [-0.05, 0) is 89.8 Å². The Kier molecular flexibility index (Phi) is 12.1. The highest BCUT2D eigenvalue weighted by molar-refractivity contribution is 7.99. The van der Waals surface area contributed by atoms with Gasteiger partial charge >= 0.3 is 0 Å². The summed E-state index contributed by atoms with van der Waals surface area (Å²) in [5, 5.41) is 11.6. The number of carbonyl (C=O) groups is 2. The summed E-state index contributed by atoms with van der Waals surface area (Å²) in [5.74, 6) is -0.00911. The fourth-order valence-electron chi connectivity index (χ4n) is 3.36. The van der Waals surface area contributed by atoms with Gasteiger partial charge in [-0.1, -0.05) is 47.1 Å². The summed E-state index contributed by atoms with van der Waals surface area (Å²) < 4.78 is 0. The van der Waals surface area contributed by atoms with Crippen molar-refractivity contribution in [2.75, 3.05) is 11.1 Å². The lowest BCUT2D eigenvalue weighted by Crippen LogP contribution is -2.18. The standard InChI is InChI=1S/C29H36N2O3S/c1-21(2)9-7-10-22(3)11-8-12-23(4)19-20-35-27-14-6-5-13-26(27)29(33)30-25-17-15-24(16-18-25)28(32)31-34/h5-6,9,11,13-19,34H,7-8,10,12,20H2,1-4H3,(H,30,33)(H,31,32). The lowest BCUT2D eigenvalue weighted by molar-refractivity contribution is 0.0706. The molecule has 0 saturated carbocycles. The first-order chi connectivity index (χ1) is 16.8. The van der Waals surface area contributed by atoms with Gasteiger partial charge in [-0.3, -0.25) is 14.8 Å². The molecule has 0 aliphatic heterocycles. The van der Waals surface area contributed by atoms with Crippen LogP contribution in [0.4, 0.5) is 5.69 Å². The summed E-state index contributed by atoms with van der Waals surface area (Å²) in [4.78, 5) is 25.2. The van der Waals surface area contributed by atoms with Gasteiger partial charge in [0.05, 0.1) is 5.56 Å². The number of hydroxylamine groups is 1. The van der Waals surface area contributed by atoms with E-state index in [-0.39, 0.29) is 5.91 Å². The molecule has 0 aliphatic rings. The Balaban J connectivity index is 1.89. The first-order valence-electron chi connectivity index (χ1n) is 11.8. The molecule has 3 N–H and O–H groups in total. The molecule has 0 unspecified atom stereocenters. The van der Waals surface area contributed by atoms with E-state index in [1.807, 2.05) is 24.3 Å². The van der Waals surface area contributed by atoms with Gasteiger partial charge < -0.3 is 5.32 Å². The lowest BCUT2D eigenvalue weighted by atomic mass is 10.1. The molecule has 0 fully saturated rings. The van der Waals surface area contributed by atoms with Crippen molar-refractivity contribution in [3.8, 4) is 0 Å². The quantitative estimate of drug-likeness (QED) is 0.124. The molecule has 2 amide bonds. The summed E-state index contributed by atoms with van der Waals surface area (Å²) >= 11 is 1.64. The Labute approximate surface area is 213 Å². The van der Waals surface area contributed by atoms with E-state index in [0.29, 0.717) is 16.8 Å². The number of rotatable bonds is 12. The van der Waals surface area contributed by atoms with Crippen LogP contribution in [0.3, 0.4) is 0 Å². The van der Waals surface area contributed by atoms with Gasteiger partial charge in [-0.15, -0.1) is 11.8 Å². The number of hydrogen-bond acceptors (Lipinski definition) is 4. The second-order valence-electron chi connectivity index (χ2n) is 8.74. The molecule has 0 spiro atoms. The Bertz CT molecular complexity index is 1080. The highest BCUT2D eigenvalue weighted by Crippen LogP contribution is 2.25. The highest BCUT2D eigenvalue weighted by atomic mass is 32.2. The maximum absolute atomic E-state index is 12.9. The van der Waals surface area contributed by atoms with E-state index in [1.165, 1.54) is 28.9 Å². The third kappa shape index (κ3) is 10.4. The molecule has 2 aromatic rings. The van der Waals surface area contributed by atoms with Crippen molar-refractivity contribution in [1.29, 1.82) is 0 Å². The third-order valence-electron chi connectivity index (χ3n) is 5.43. The van der Waals surface area contributed by atoms with Gasteiger partial charge in [0, 0.05) is 21.9 Å². The van der Waals surface area contributed by atoms with Crippen LogP contribution in [0.5, 0.6) is 0 Å². The van der Waals surface area contributed by atoms with Gasteiger partial charge in [0.25, 0.3) is 11.8 Å². The van der Waals surface area contributed by atoms with Crippen molar-refractivity contribution in [3.63, 3.8) is 0 Å². The SMILES string of the molecule is CC(C)=CCCC(C)=CCCC(C)=CCSc1ccccc1C(=O)Nc1ccc(C(=O)NO)cc1. The van der Waals surface area contributed by atoms with Crippen LogP contribution in [0.1, 0.15) is 74.1 Å². The summed E-state index contributed by atoms with van der Waals surface area (Å²) in [7, 11) is 0. The number of hydrogen-bond donors (Lipinski definition) is 3. The summed E-state index contributed by atoms with van der Waals surface area (Å²) in [6, 6.07) is 13.9. The molecule has 0 atom stereocenters. The minimum Gasteiger partial charge on any atom is -0.322 e. The van der Waals surface area contributed by atoms with Crippen LogP contribution >= 0.6 is 11.8 Å². The van der Waals surface area contributed by atoms with Crippen molar-refractivity contribution in [3.05, 3.63) is 94.6 Å². The maximum atomic E-state index is 12.9. The zero-order chi connectivity index (χ0) is 25.6. The van der Waals surface area contributed by atoms with E-state index in [9.17, 15) is 9.59 Å². The zero-order valence-corrected chi connectivity index (χ0v) is 21.9. The van der Waals surface area contributed by atoms with Gasteiger partial charge in [0.2, 0.25) is 0 Å². The van der Waals surface area contributed by atoms with Crippen molar-refractivity contribution in [1.82, 2.24) is 5.48 Å². The second-order valence-corrected chi connectivity index (χ2v) is 9.80. The van der Waals surface area contributed by atoms with Gasteiger partial charge in [0.1, 0.15) is 0 Å². The first-order valence-corrected chi connectivity index (χ1v) is 12.8. The molecule has 35 heavy (non-hydrogen) atoms. The van der Waals surface area contributed by atoms with Crippen molar-refractivity contribution in [2.45, 2.75) is 58.3 Å². The molecule has 0 aliphatic carbocycles. The predicted octanol–water partition coefficient (Wildman–Crippen LogP) is 7.57. The number of allylic oxidation sites excluding steroid dienone is 5. The average molecular weight is 493 g/mol. The van der Waals surface area contributed by atoms with Crippen molar-refractivity contribution in [2.24, 2.45) is 0 Å². The van der Waals surface area contributed by atoms with Gasteiger partial charge in [0.15, 0.2) is 0 Å². The number of amides is 2. The van der Waals surface area contributed by atoms with Crippen LogP contribution in [0, 0.1) is 0 Å². The highest BCUT2D eigenvalue weighted by Gasteiger charge is 2.12. The maximum Gasteiger partial charge on any atom is 0.274 e. The normalized spacial score (nSPS) is 11.7. The predicted molar refractivity (Wildman–Crippen MR) is 146 cm³/mol. The van der Waals surface area contributed by atoms with Crippen LogP contribution in [0.25, 0.3) is 0 Å². The molecule has 0 bridgehead atoms. The monoisotopic (exact) mass is 492 g/mol. The van der Waals surface area contributed by atoms with E-state index in [4.69, 9.17) is 5.21 Å². The number of carbonyl (C=O) groups excluding carboxylic acids is 2. The minimum absolute atomic E-state index is 0.207. The van der Waals surface area contributed by atoms with E-state index in [0.717, 1.165) is 36.3 Å². The number of nitrogens with one attached hydrogen (secondary N) is 2. The van der Waals surface area contributed by atoms with E-state index in [2.05, 4.69) is 51.2 Å². The third-order valence-corrected chi connectivity index (χ3v) is 6.43. The van der Waals surface area contributed by atoms with Crippen LogP contribution in [-0.4, -0.2) is 22.8 Å². The minimum atomic E-state index is -0.599. The Morgan fingerprint density at radius 2 is 1.46 bits per heavy atom. The van der Waals surface area contributed by atoms with E-state index >= 15 is 0 Å². The van der Waals surface area contributed by atoms with Crippen LogP contribution in [0.2, 0.25) is 0 Å². The topological polar surface area (TPSA) is 78.4 Å². The summed E-state index contributed by atoms with van der Waals surface area (Å²) in [6.45, 7) is 8.64. The van der Waals surface area contributed by atoms with Crippen LogP contribution in [-0.2, 0) is 0 Å². The Hall–Kier alpha value is -3.09. The molecule has 2 rings (SSSR count). The molecule has 5 nitrogen and oxygen atoms in total. The molecule has 0 saturated heterocycles. The average Bonchev–Trinajstić information content (AvgIpc) is 2.84.